The SMILES string of the molecule is CCOC(=O)COc1cccn2c(C(=O)c3ccc(N)c(OC)c3)ncc12.Cl. The fourth-order valence-electron chi connectivity index (χ4n) is 2.61. The summed E-state index contributed by atoms with van der Waals surface area (Å²) < 4.78 is 17.1. The highest BCUT2D eigenvalue weighted by Crippen LogP contribution is 2.25. The topological polar surface area (TPSA) is 105 Å². The van der Waals surface area contributed by atoms with Gasteiger partial charge in [0.2, 0.25) is 5.78 Å². The summed E-state index contributed by atoms with van der Waals surface area (Å²) in [7, 11) is 1.48. The lowest BCUT2D eigenvalue weighted by Gasteiger charge is -2.09. The van der Waals surface area contributed by atoms with Crippen molar-refractivity contribution in [2.45, 2.75) is 6.92 Å². The van der Waals surface area contributed by atoms with Crippen LogP contribution in [0.2, 0.25) is 0 Å². The summed E-state index contributed by atoms with van der Waals surface area (Å²) in [6.45, 7) is 1.78. The van der Waals surface area contributed by atoms with Crippen molar-refractivity contribution in [3.8, 4) is 11.5 Å². The van der Waals surface area contributed by atoms with Crippen LogP contribution in [0.5, 0.6) is 11.5 Å². The number of ketones is 1. The highest BCUT2D eigenvalue weighted by molar-refractivity contribution is 6.07. The predicted molar refractivity (Wildman–Crippen MR) is 105 cm³/mol. The Morgan fingerprint density at radius 1 is 1.21 bits per heavy atom. The molecular formula is C19H20ClN3O5. The molecule has 0 aliphatic heterocycles. The first-order chi connectivity index (χ1) is 13.0. The van der Waals surface area contributed by atoms with Gasteiger partial charge in [0.15, 0.2) is 12.4 Å². The molecule has 148 valence electrons. The van der Waals surface area contributed by atoms with E-state index in [9.17, 15) is 9.59 Å². The van der Waals surface area contributed by atoms with Crippen LogP contribution >= 0.6 is 12.4 Å². The van der Waals surface area contributed by atoms with Gasteiger partial charge in [-0.15, -0.1) is 12.4 Å². The fraction of sp³-hybridized carbons (Fsp3) is 0.211. The normalized spacial score (nSPS) is 10.2. The number of pyridine rings is 1. The average Bonchev–Trinajstić information content (AvgIpc) is 3.11. The maximum atomic E-state index is 12.9. The van der Waals surface area contributed by atoms with Crippen LogP contribution in [0.15, 0.2) is 42.7 Å². The number of anilines is 1. The van der Waals surface area contributed by atoms with E-state index >= 15 is 0 Å². The molecule has 28 heavy (non-hydrogen) atoms. The number of ether oxygens (including phenoxy) is 3. The number of methoxy groups -OCH3 is 1. The molecule has 3 aromatic rings. The van der Waals surface area contributed by atoms with Crippen LogP contribution in [0.1, 0.15) is 23.1 Å². The van der Waals surface area contributed by atoms with Gasteiger partial charge in [0.05, 0.1) is 25.6 Å². The van der Waals surface area contributed by atoms with E-state index in [0.29, 0.717) is 28.3 Å². The molecule has 0 aliphatic rings. The van der Waals surface area contributed by atoms with Gasteiger partial charge in [-0.05, 0) is 37.3 Å². The van der Waals surface area contributed by atoms with E-state index < -0.39 is 5.97 Å². The predicted octanol–water partition coefficient (Wildman–Crippen LogP) is 2.52. The van der Waals surface area contributed by atoms with E-state index in [2.05, 4.69) is 4.98 Å². The standard InChI is InChI=1S/C19H19N3O5.ClH/c1-3-26-17(23)11-27-15-5-4-8-22-14(15)10-21-19(22)18(24)12-6-7-13(20)16(9-12)25-2;/h4-10H,3,11,20H2,1-2H3;1H. The Bertz CT molecular complexity index is 1000. The van der Waals surface area contributed by atoms with Gasteiger partial charge in [0.25, 0.3) is 0 Å². The molecule has 0 atom stereocenters. The lowest BCUT2D eigenvalue weighted by Crippen LogP contribution is -2.15. The second-order valence-corrected chi connectivity index (χ2v) is 5.59. The minimum Gasteiger partial charge on any atom is -0.495 e. The largest absolute Gasteiger partial charge is 0.495 e. The Morgan fingerprint density at radius 2 is 2.00 bits per heavy atom. The fourth-order valence-corrected chi connectivity index (χ4v) is 2.61. The van der Waals surface area contributed by atoms with Gasteiger partial charge in [0.1, 0.15) is 17.0 Å². The van der Waals surface area contributed by atoms with Crippen molar-refractivity contribution in [2.75, 3.05) is 26.1 Å². The van der Waals surface area contributed by atoms with Crippen molar-refractivity contribution in [3.05, 3.63) is 54.1 Å². The third-order valence-corrected chi connectivity index (χ3v) is 3.88. The molecule has 3 rings (SSSR count). The Morgan fingerprint density at radius 3 is 2.71 bits per heavy atom. The smallest absolute Gasteiger partial charge is 0.344 e. The number of aromatic nitrogens is 2. The molecule has 0 bridgehead atoms. The number of esters is 1. The van der Waals surface area contributed by atoms with Crippen molar-refractivity contribution < 1.29 is 23.8 Å². The maximum absolute atomic E-state index is 12.9. The number of benzene rings is 1. The van der Waals surface area contributed by atoms with Crippen LogP contribution in [0.4, 0.5) is 5.69 Å². The van der Waals surface area contributed by atoms with Crippen molar-refractivity contribution in [1.29, 1.82) is 0 Å². The molecule has 0 amide bonds. The summed E-state index contributed by atoms with van der Waals surface area (Å²) >= 11 is 0. The van der Waals surface area contributed by atoms with E-state index in [1.165, 1.54) is 13.3 Å². The monoisotopic (exact) mass is 405 g/mol. The first-order valence-corrected chi connectivity index (χ1v) is 8.27. The lowest BCUT2D eigenvalue weighted by molar-refractivity contribution is -0.145. The Hall–Kier alpha value is -3.26. The number of nitrogen functional groups attached to an aromatic ring is 1. The van der Waals surface area contributed by atoms with Gasteiger partial charge in [-0.2, -0.15) is 0 Å². The quantitative estimate of drug-likeness (QED) is 0.365. The number of hydrogen-bond acceptors (Lipinski definition) is 7. The van der Waals surface area contributed by atoms with Gasteiger partial charge in [-0.25, -0.2) is 9.78 Å². The van der Waals surface area contributed by atoms with Crippen molar-refractivity contribution in [1.82, 2.24) is 9.38 Å². The maximum Gasteiger partial charge on any atom is 0.344 e. The van der Waals surface area contributed by atoms with Crippen LogP contribution in [-0.4, -0.2) is 41.5 Å². The second kappa shape index (κ2) is 9.09. The zero-order valence-corrected chi connectivity index (χ0v) is 16.2. The molecule has 9 heteroatoms. The van der Waals surface area contributed by atoms with E-state index in [1.807, 2.05) is 0 Å². The highest BCUT2D eigenvalue weighted by atomic mass is 35.5. The lowest BCUT2D eigenvalue weighted by atomic mass is 10.1. The van der Waals surface area contributed by atoms with Crippen LogP contribution in [-0.2, 0) is 9.53 Å². The molecule has 0 aliphatic carbocycles. The van der Waals surface area contributed by atoms with Crippen molar-refractivity contribution in [2.24, 2.45) is 0 Å². The summed E-state index contributed by atoms with van der Waals surface area (Å²) in [5.74, 6) is 0.283. The summed E-state index contributed by atoms with van der Waals surface area (Å²) in [6.07, 6.45) is 3.21. The average molecular weight is 406 g/mol. The molecule has 0 saturated heterocycles. The number of carbonyl (C=O) groups excluding carboxylic acids is 2. The Kier molecular flexibility index (Phi) is 6.84. The molecule has 8 nitrogen and oxygen atoms in total. The molecule has 1 aromatic carbocycles. The zero-order valence-electron chi connectivity index (χ0n) is 15.4. The highest BCUT2D eigenvalue weighted by Gasteiger charge is 2.18. The number of halogens is 1. The summed E-state index contributed by atoms with van der Waals surface area (Å²) in [5.41, 5.74) is 7.20. The molecule has 2 N–H and O–H groups in total. The Labute approximate surface area is 167 Å². The molecule has 0 saturated carbocycles. The third-order valence-electron chi connectivity index (χ3n) is 3.88. The summed E-state index contributed by atoms with van der Waals surface area (Å²) in [6, 6.07) is 8.18. The molecule has 0 fully saturated rings. The number of nitrogens with zero attached hydrogens (tertiary/aromatic N) is 2. The van der Waals surface area contributed by atoms with E-state index in [4.69, 9.17) is 19.9 Å². The van der Waals surface area contributed by atoms with Gasteiger partial charge in [0, 0.05) is 11.8 Å². The molecular weight excluding hydrogens is 386 g/mol. The summed E-state index contributed by atoms with van der Waals surface area (Å²) in [5, 5.41) is 0. The number of fused-ring (bicyclic) bond motifs is 1. The van der Waals surface area contributed by atoms with Crippen LogP contribution < -0.4 is 15.2 Å². The third kappa shape index (κ3) is 4.17. The molecule has 2 aromatic heterocycles. The number of nitrogens with two attached hydrogens (primary N) is 1. The molecule has 0 unspecified atom stereocenters. The molecule has 0 radical (unpaired) electrons. The van der Waals surface area contributed by atoms with Crippen molar-refractivity contribution >= 4 is 35.4 Å². The minimum absolute atomic E-state index is 0. The zero-order chi connectivity index (χ0) is 19.4. The van der Waals surface area contributed by atoms with Gasteiger partial charge in [-0.1, -0.05) is 0 Å². The number of imidazole rings is 1. The summed E-state index contributed by atoms with van der Waals surface area (Å²) in [4.78, 5) is 28.6. The van der Waals surface area contributed by atoms with Gasteiger partial charge < -0.3 is 19.9 Å². The van der Waals surface area contributed by atoms with Crippen LogP contribution in [0.3, 0.4) is 0 Å². The van der Waals surface area contributed by atoms with E-state index in [1.54, 1.807) is 47.9 Å². The first-order valence-electron chi connectivity index (χ1n) is 8.27. The minimum atomic E-state index is -0.468. The Balaban J connectivity index is 0.00000280. The molecule has 0 spiro atoms. The van der Waals surface area contributed by atoms with Crippen LogP contribution in [0, 0.1) is 0 Å². The number of rotatable bonds is 7. The van der Waals surface area contributed by atoms with Crippen molar-refractivity contribution in [3.63, 3.8) is 0 Å². The number of hydrogen-bond donors (Lipinski definition) is 1. The van der Waals surface area contributed by atoms with E-state index in [-0.39, 0.29) is 37.2 Å². The molecule has 2 heterocycles. The van der Waals surface area contributed by atoms with Gasteiger partial charge >= 0.3 is 5.97 Å². The van der Waals surface area contributed by atoms with Gasteiger partial charge in [-0.3, -0.25) is 9.20 Å². The second-order valence-electron chi connectivity index (χ2n) is 5.59. The first kappa shape index (κ1) is 21.0. The number of carbonyl (C=O) groups is 2. The van der Waals surface area contributed by atoms with E-state index in [0.717, 1.165) is 0 Å². The van der Waals surface area contributed by atoms with Crippen LogP contribution in [0.25, 0.3) is 5.52 Å².